The van der Waals surface area contributed by atoms with Crippen LogP contribution in [0.15, 0.2) is 84.9 Å². The molecule has 0 radical (unpaired) electrons. The van der Waals surface area contributed by atoms with Gasteiger partial charge >= 0.3 is 0 Å². The summed E-state index contributed by atoms with van der Waals surface area (Å²) in [7, 11) is -3.03. The van der Waals surface area contributed by atoms with E-state index in [9.17, 15) is 13.2 Å². The molecule has 0 aromatic heterocycles. The summed E-state index contributed by atoms with van der Waals surface area (Å²) in [4.78, 5) is 15.3. The number of ether oxygens (including phenoxy) is 1. The second-order valence-corrected chi connectivity index (χ2v) is 10.8. The van der Waals surface area contributed by atoms with E-state index in [1.807, 2.05) is 89.8 Å². The lowest BCUT2D eigenvalue weighted by Crippen LogP contribution is -2.47. The van der Waals surface area contributed by atoms with Crippen LogP contribution in [0.5, 0.6) is 0 Å². The van der Waals surface area contributed by atoms with Gasteiger partial charge in [-0.3, -0.25) is 9.69 Å². The van der Waals surface area contributed by atoms with Gasteiger partial charge in [-0.2, -0.15) is 0 Å². The highest BCUT2D eigenvalue weighted by Crippen LogP contribution is 2.23. The minimum atomic E-state index is -3.03. The molecule has 1 N–H and O–H groups in total. The van der Waals surface area contributed by atoms with E-state index in [0.29, 0.717) is 32.8 Å². The standard InChI is InChI=1S/C27H30N2O4S/c30-27(26(23-11-5-2-6-12-23)29-15-17-34(31,32)18-16-29)28-19-24-13-7-8-14-25(24)21-33-20-22-9-3-1-4-10-22/h1-14,26H,15-21H2,(H,28,30). The minimum Gasteiger partial charge on any atom is -0.372 e. The van der Waals surface area contributed by atoms with E-state index in [-0.39, 0.29) is 17.4 Å². The van der Waals surface area contributed by atoms with E-state index < -0.39 is 15.9 Å². The summed E-state index contributed by atoms with van der Waals surface area (Å²) in [6.45, 7) is 2.04. The average molecular weight is 479 g/mol. The normalized spacial score (nSPS) is 16.6. The fraction of sp³-hybridized carbons (Fsp3) is 0.296. The van der Waals surface area contributed by atoms with E-state index in [4.69, 9.17) is 4.74 Å². The maximum Gasteiger partial charge on any atom is 0.242 e. The molecule has 178 valence electrons. The van der Waals surface area contributed by atoms with Crippen LogP contribution >= 0.6 is 0 Å². The van der Waals surface area contributed by atoms with Crippen molar-refractivity contribution in [1.29, 1.82) is 0 Å². The zero-order valence-corrected chi connectivity index (χ0v) is 19.9. The summed E-state index contributed by atoms with van der Waals surface area (Å²) in [6, 6.07) is 26.9. The van der Waals surface area contributed by atoms with Crippen LogP contribution in [0, 0.1) is 0 Å². The lowest BCUT2D eigenvalue weighted by molar-refractivity contribution is -0.126. The summed E-state index contributed by atoms with van der Waals surface area (Å²) in [5.74, 6) is 0.0154. The molecule has 1 amide bonds. The number of nitrogens with zero attached hydrogens (tertiary/aromatic N) is 1. The Morgan fingerprint density at radius 2 is 1.41 bits per heavy atom. The molecule has 1 unspecified atom stereocenters. The second kappa shape index (κ2) is 11.4. The van der Waals surface area contributed by atoms with Crippen molar-refractivity contribution in [1.82, 2.24) is 10.2 Å². The highest BCUT2D eigenvalue weighted by Gasteiger charge is 2.32. The first-order valence-corrected chi connectivity index (χ1v) is 13.3. The number of carbonyl (C=O) groups is 1. The van der Waals surface area contributed by atoms with Crippen LogP contribution in [-0.4, -0.2) is 43.8 Å². The molecule has 1 atom stereocenters. The van der Waals surface area contributed by atoms with Crippen LogP contribution in [-0.2, 0) is 39.1 Å². The van der Waals surface area contributed by atoms with Crippen LogP contribution in [0.4, 0.5) is 0 Å². The summed E-state index contributed by atoms with van der Waals surface area (Å²) in [5, 5.41) is 3.08. The van der Waals surface area contributed by atoms with Gasteiger partial charge in [0.2, 0.25) is 5.91 Å². The number of amides is 1. The van der Waals surface area contributed by atoms with Gasteiger partial charge in [0.1, 0.15) is 6.04 Å². The first-order valence-electron chi connectivity index (χ1n) is 11.5. The smallest absolute Gasteiger partial charge is 0.242 e. The van der Waals surface area contributed by atoms with Crippen molar-refractivity contribution in [3.05, 3.63) is 107 Å². The number of benzene rings is 3. The highest BCUT2D eigenvalue weighted by molar-refractivity contribution is 7.91. The van der Waals surface area contributed by atoms with Gasteiger partial charge in [-0.05, 0) is 22.3 Å². The largest absolute Gasteiger partial charge is 0.372 e. The van der Waals surface area contributed by atoms with Crippen molar-refractivity contribution in [3.8, 4) is 0 Å². The second-order valence-electron chi connectivity index (χ2n) is 8.47. The molecule has 1 fully saturated rings. The molecular weight excluding hydrogens is 448 g/mol. The topological polar surface area (TPSA) is 75.7 Å². The van der Waals surface area contributed by atoms with Gasteiger partial charge in [0.05, 0.1) is 24.7 Å². The molecule has 6 nitrogen and oxygen atoms in total. The molecule has 1 aliphatic rings. The molecule has 3 aromatic rings. The van der Waals surface area contributed by atoms with Crippen molar-refractivity contribution < 1.29 is 17.9 Å². The summed E-state index contributed by atoms with van der Waals surface area (Å²) in [5.41, 5.74) is 4.00. The summed E-state index contributed by atoms with van der Waals surface area (Å²) < 4.78 is 29.7. The number of hydrogen-bond donors (Lipinski definition) is 1. The molecule has 0 spiro atoms. The first kappa shape index (κ1) is 24.1. The Morgan fingerprint density at radius 3 is 2.09 bits per heavy atom. The highest BCUT2D eigenvalue weighted by atomic mass is 32.2. The number of carbonyl (C=O) groups excluding carboxylic acids is 1. The maximum atomic E-state index is 13.4. The molecule has 0 saturated carbocycles. The Labute approximate surface area is 201 Å². The fourth-order valence-electron chi connectivity index (χ4n) is 4.15. The molecular formula is C27H30N2O4S. The number of hydrogen-bond acceptors (Lipinski definition) is 5. The predicted molar refractivity (Wildman–Crippen MR) is 133 cm³/mol. The van der Waals surface area contributed by atoms with Gasteiger partial charge in [0.15, 0.2) is 9.84 Å². The molecule has 3 aromatic carbocycles. The van der Waals surface area contributed by atoms with Gasteiger partial charge in [0.25, 0.3) is 0 Å². The van der Waals surface area contributed by atoms with Crippen molar-refractivity contribution in [2.45, 2.75) is 25.8 Å². The maximum absolute atomic E-state index is 13.4. The van der Waals surface area contributed by atoms with Gasteiger partial charge in [-0.15, -0.1) is 0 Å². The van der Waals surface area contributed by atoms with E-state index in [0.717, 1.165) is 22.3 Å². The van der Waals surface area contributed by atoms with Crippen LogP contribution in [0.25, 0.3) is 0 Å². The van der Waals surface area contributed by atoms with Crippen molar-refractivity contribution >= 4 is 15.7 Å². The van der Waals surface area contributed by atoms with Crippen molar-refractivity contribution in [3.63, 3.8) is 0 Å². The van der Waals surface area contributed by atoms with Gasteiger partial charge in [-0.1, -0.05) is 84.9 Å². The van der Waals surface area contributed by atoms with E-state index in [1.54, 1.807) is 0 Å². The zero-order valence-electron chi connectivity index (χ0n) is 19.1. The van der Waals surface area contributed by atoms with E-state index in [2.05, 4.69) is 5.32 Å². The predicted octanol–water partition coefficient (Wildman–Crippen LogP) is 3.49. The van der Waals surface area contributed by atoms with Gasteiger partial charge in [0, 0.05) is 19.6 Å². The number of sulfone groups is 1. The molecule has 4 rings (SSSR count). The lowest BCUT2D eigenvalue weighted by Gasteiger charge is -2.33. The summed E-state index contributed by atoms with van der Waals surface area (Å²) >= 11 is 0. The average Bonchev–Trinajstić information content (AvgIpc) is 2.86. The van der Waals surface area contributed by atoms with Crippen molar-refractivity contribution in [2.24, 2.45) is 0 Å². The molecule has 34 heavy (non-hydrogen) atoms. The molecule has 0 bridgehead atoms. The third-order valence-electron chi connectivity index (χ3n) is 6.05. The minimum absolute atomic E-state index is 0.0746. The van der Waals surface area contributed by atoms with Crippen molar-refractivity contribution in [2.75, 3.05) is 24.6 Å². The fourth-order valence-corrected chi connectivity index (χ4v) is 5.38. The van der Waals surface area contributed by atoms with Gasteiger partial charge in [-0.25, -0.2) is 8.42 Å². The summed E-state index contributed by atoms with van der Waals surface area (Å²) in [6.07, 6.45) is 0. The Kier molecular flexibility index (Phi) is 8.11. The monoisotopic (exact) mass is 478 g/mol. The Hall–Kier alpha value is -3.00. The van der Waals surface area contributed by atoms with Crippen LogP contribution in [0.2, 0.25) is 0 Å². The van der Waals surface area contributed by atoms with E-state index in [1.165, 1.54) is 0 Å². The Balaban J connectivity index is 1.41. The molecule has 1 heterocycles. The zero-order chi connectivity index (χ0) is 23.8. The SMILES string of the molecule is O=C(NCc1ccccc1COCc1ccccc1)C(c1ccccc1)N1CCS(=O)(=O)CC1. The Bertz CT molecular complexity index is 1170. The quantitative estimate of drug-likeness (QED) is 0.510. The number of rotatable bonds is 9. The first-order chi connectivity index (χ1) is 16.5. The molecule has 0 aliphatic carbocycles. The lowest BCUT2D eigenvalue weighted by atomic mass is 10.0. The molecule has 7 heteroatoms. The number of nitrogens with one attached hydrogen (secondary N) is 1. The van der Waals surface area contributed by atoms with Gasteiger partial charge < -0.3 is 10.1 Å². The third kappa shape index (κ3) is 6.53. The van der Waals surface area contributed by atoms with Crippen LogP contribution in [0.3, 0.4) is 0 Å². The van der Waals surface area contributed by atoms with Crippen LogP contribution < -0.4 is 5.32 Å². The molecule has 1 aliphatic heterocycles. The molecule has 1 saturated heterocycles. The van der Waals surface area contributed by atoms with Crippen LogP contribution in [0.1, 0.15) is 28.3 Å². The third-order valence-corrected chi connectivity index (χ3v) is 7.66. The Morgan fingerprint density at radius 1 is 0.824 bits per heavy atom. The van der Waals surface area contributed by atoms with E-state index >= 15 is 0 Å².